The van der Waals surface area contributed by atoms with E-state index in [0.717, 1.165) is 40.1 Å². The number of nitrogens with zero attached hydrogens (tertiary/aromatic N) is 4. The molecular weight excluding hydrogens is 424 g/mol. The van der Waals surface area contributed by atoms with Crippen molar-refractivity contribution >= 4 is 65.7 Å². The molecule has 0 atom stereocenters. The van der Waals surface area contributed by atoms with Crippen molar-refractivity contribution in [2.75, 3.05) is 31.1 Å². The van der Waals surface area contributed by atoms with Crippen molar-refractivity contribution in [1.82, 2.24) is 14.9 Å². The Balaban J connectivity index is 1.71. The summed E-state index contributed by atoms with van der Waals surface area (Å²) in [5.41, 5.74) is 4.10. The molecule has 4 rings (SSSR count). The standard InChI is InChI=1S/C21H21ClN4OS2/c1-3-25(4-2)10-11-26(21-24-19-15(22)6-5-7-17(19)29-21)20(27)14-8-9-16-18(12-14)28-13-23-16/h5-9,12-13H,3-4,10-11H2,1-2H3. The van der Waals surface area contributed by atoms with Gasteiger partial charge in [0.1, 0.15) is 5.52 Å². The van der Waals surface area contributed by atoms with Gasteiger partial charge < -0.3 is 4.90 Å². The van der Waals surface area contributed by atoms with E-state index in [4.69, 9.17) is 16.6 Å². The number of halogens is 1. The van der Waals surface area contributed by atoms with Gasteiger partial charge in [0.15, 0.2) is 5.13 Å². The summed E-state index contributed by atoms with van der Waals surface area (Å²) in [5.74, 6) is -0.0531. The molecule has 5 nitrogen and oxygen atoms in total. The Morgan fingerprint density at radius 2 is 1.93 bits per heavy atom. The van der Waals surface area contributed by atoms with E-state index in [1.165, 1.54) is 22.7 Å². The van der Waals surface area contributed by atoms with Gasteiger partial charge in [0, 0.05) is 18.7 Å². The molecule has 2 heterocycles. The molecule has 0 aliphatic carbocycles. The number of carbonyl (C=O) groups is 1. The maximum absolute atomic E-state index is 13.5. The first-order valence-electron chi connectivity index (χ1n) is 9.53. The van der Waals surface area contributed by atoms with E-state index in [0.29, 0.717) is 22.3 Å². The number of aromatic nitrogens is 2. The Morgan fingerprint density at radius 1 is 1.10 bits per heavy atom. The van der Waals surface area contributed by atoms with Gasteiger partial charge >= 0.3 is 0 Å². The van der Waals surface area contributed by atoms with Gasteiger partial charge in [-0.1, -0.05) is 42.9 Å². The summed E-state index contributed by atoms with van der Waals surface area (Å²) in [5, 5.41) is 1.28. The molecule has 1 amide bonds. The lowest BCUT2D eigenvalue weighted by Gasteiger charge is -2.24. The first-order valence-corrected chi connectivity index (χ1v) is 11.6. The predicted molar refractivity (Wildman–Crippen MR) is 124 cm³/mol. The lowest BCUT2D eigenvalue weighted by atomic mass is 10.2. The fraction of sp³-hybridized carbons (Fsp3) is 0.286. The second-order valence-electron chi connectivity index (χ2n) is 6.60. The molecule has 0 unspecified atom stereocenters. The van der Waals surface area contributed by atoms with Crippen molar-refractivity contribution in [2.45, 2.75) is 13.8 Å². The van der Waals surface area contributed by atoms with E-state index in [1.807, 2.05) is 36.4 Å². The van der Waals surface area contributed by atoms with Crippen LogP contribution in [-0.2, 0) is 0 Å². The smallest absolute Gasteiger partial charge is 0.260 e. The second kappa shape index (κ2) is 8.75. The SMILES string of the molecule is CCN(CC)CCN(C(=O)c1ccc2ncsc2c1)c1nc2c(Cl)cccc2s1. The first kappa shape index (κ1) is 20.2. The average Bonchev–Trinajstić information content (AvgIpc) is 3.38. The van der Waals surface area contributed by atoms with Crippen molar-refractivity contribution in [3.63, 3.8) is 0 Å². The van der Waals surface area contributed by atoms with Gasteiger partial charge in [-0.25, -0.2) is 9.97 Å². The molecule has 0 spiro atoms. The normalized spacial score (nSPS) is 11.6. The summed E-state index contributed by atoms with van der Waals surface area (Å²) in [6.07, 6.45) is 0. The minimum atomic E-state index is -0.0531. The number of carbonyl (C=O) groups excluding carboxylic acids is 1. The second-order valence-corrected chi connectivity index (χ2v) is 8.90. The molecule has 0 bridgehead atoms. The van der Waals surface area contributed by atoms with Crippen molar-refractivity contribution in [3.05, 3.63) is 52.5 Å². The molecule has 0 radical (unpaired) electrons. The minimum Gasteiger partial charge on any atom is -0.302 e. The molecule has 2 aromatic carbocycles. The molecular formula is C21H21ClN4OS2. The highest BCUT2D eigenvalue weighted by Crippen LogP contribution is 2.33. The molecule has 0 aliphatic rings. The zero-order valence-corrected chi connectivity index (χ0v) is 18.7. The minimum absolute atomic E-state index is 0.0531. The van der Waals surface area contributed by atoms with Gasteiger partial charge in [-0.05, 0) is 43.4 Å². The average molecular weight is 445 g/mol. The third-order valence-electron chi connectivity index (χ3n) is 4.95. The zero-order valence-electron chi connectivity index (χ0n) is 16.3. The van der Waals surface area contributed by atoms with Crippen LogP contribution in [0.4, 0.5) is 5.13 Å². The molecule has 0 aliphatic heterocycles. The highest BCUT2D eigenvalue weighted by Gasteiger charge is 2.23. The third kappa shape index (κ3) is 4.14. The fourth-order valence-electron chi connectivity index (χ4n) is 3.23. The predicted octanol–water partition coefficient (Wildman–Crippen LogP) is 5.55. The Hall–Kier alpha value is -2.06. The van der Waals surface area contributed by atoms with Crippen molar-refractivity contribution in [1.29, 1.82) is 0 Å². The highest BCUT2D eigenvalue weighted by molar-refractivity contribution is 7.22. The molecule has 0 fully saturated rings. The van der Waals surface area contributed by atoms with Gasteiger partial charge in [0.25, 0.3) is 5.91 Å². The number of benzene rings is 2. The highest BCUT2D eigenvalue weighted by atomic mass is 35.5. The lowest BCUT2D eigenvalue weighted by molar-refractivity contribution is 0.0984. The van der Waals surface area contributed by atoms with Gasteiger partial charge in [0.2, 0.25) is 0 Å². The van der Waals surface area contributed by atoms with E-state index in [-0.39, 0.29) is 5.91 Å². The number of hydrogen-bond acceptors (Lipinski definition) is 6. The molecule has 0 saturated carbocycles. The molecule has 2 aromatic heterocycles. The first-order chi connectivity index (χ1) is 14.1. The monoisotopic (exact) mass is 444 g/mol. The lowest BCUT2D eigenvalue weighted by Crippen LogP contribution is -2.38. The summed E-state index contributed by atoms with van der Waals surface area (Å²) < 4.78 is 1.98. The number of rotatable bonds is 7. The molecule has 150 valence electrons. The topological polar surface area (TPSA) is 49.3 Å². The number of hydrogen-bond donors (Lipinski definition) is 0. The number of fused-ring (bicyclic) bond motifs is 2. The number of likely N-dealkylation sites (N-methyl/N-ethyl adjacent to an activating group) is 1. The van der Waals surface area contributed by atoms with Crippen LogP contribution in [0.15, 0.2) is 41.9 Å². The van der Waals surface area contributed by atoms with Crippen LogP contribution in [0.3, 0.4) is 0 Å². The summed E-state index contributed by atoms with van der Waals surface area (Å²) in [6, 6.07) is 11.4. The van der Waals surface area contributed by atoms with Crippen LogP contribution in [-0.4, -0.2) is 47.0 Å². The van der Waals surface area contributed by atoms with E-state index < -0.39 is 0 Å². The summed E-state index contributed by atoms with van der Waals surface area (Å²) >= 11 is 9.36. The zero-order chi connectivity index (χ0) is 20.4. The van der Waals surface area contributed by atoms with Gasteiger partial charge in [-0.2, -0.15) is 0 Å². The van der Waals surface area contributed by atoms with Gasteiger partial charge in [0.05, 0.1) is 25.4 Å². The van der Waals surface area contributed by atoms with E-state index in [2.05, 4.69) is 23.7 Å². The maximum Gasteiger partial charge on any atom is 0.260 e. The summed E-state index contributed by atoms with van der Waals surface area (Å²) in [6.45, 7) is 7.49. The largest absolute Gasteiger partial charge is 0.302 e. The van der Waals surface area contributed by atoms with Crippen LogP contribution in [0.1, 0.15) is 24.2 Å². The Bertz CT molecular complexity index is 1150. The van der Waals surface area contributed by atoms with E-state index in [1.54, 1.807) is 10.4 Å². The van der Waals surface area contributed by atoms with Crippen LogP contribution < -0.4 is 4.90 Å². The van der Waals surface area contributed by atoms with Crippen molar-refractivity contribution in [2.24, 2.45) is 0 Å². The molecule has 29 heavy (non-hydrogen) atoms. The van der Waals surface area contributed by atoms with Gasteiger partial charge in [-0.3, -0.25) is 9.69 Å². The van der Waals surface area contributed by atoms with Crippen LogP contribution in [0, 0.1) is 0 Å². The Morgan fingerprint density at radius 3 is 2.69 bits per heavy atom. The third-order valence-corrected chi connectivity index (χ3v) is 7.09. The van der Waals surface area contributed by atoms with E-state index in [9.17, 15) is 4.79 Å². The number of anilines is 1. The number of amides is 1. The molecule has 0 N–H and O–H groups in total. The number of thiazole rings is 2. The Labute approximate surface area is 182 Å². The van der Waals surface area contributed by atoms with Crippen LogP contribution in [0.5, 0.6) is 0 Å². The quantitative estimate of drug-likeness (QED) is 0.375. The molecule has 8 heteroatoms. The van der Waals surface area contributed by atoms with Crippen molar-refractivity contribution < 1.29 is 4.79 Å². The van der Waals surface area contributed by atoms with Crippen LogP contribution >= 0.6 is 34.3 Å². The maximum atomic E-state index is 13.5. The molecule has 0 saturated heterocycles. The Kier molecular flexibility index (Phi) is 6.10. The van der Waals surface area contributed by atoms with Crippen molar-refractivity contribution in [3.8, 4) is 0 Å². The van der Waals surface area contributed by atoms with Crippen LogP contribution in [0.2, 0.25) is 5.02 Å². The fourth-order valence-corrected chi connectivity index (χ4v) is 5.23. The summed E-state index contributed by atoms with van der Waals surface area (Å²) in [7, 11) is 0. The van der Waals surface area contributed by atoms with Crippen LogP contribution in [0.25, 0.3) is 20.4 Å². The van der Waals surface area contributed by atoms with E-state index >= 15 is 0 Å². The number of para-hydroxylation sites is 1. The summed E-state index contributed by atoms with van der Waals surface area (Å²) in [4.78, 5) is 26.6. The van der Waals surface area contributed by atoms with Gasteiger partial charge in [-0.15, -0.1) is 11.3 Å². The molecule has 4 aromatic rings.